The van der Waals surface area contributed by atoms with E-state index in [1.807, 2.05) is 4.90 Å². The maximum absolute atomic E-state index is 12.0. The zero-order valence-corrected chi connectivity index (χ0v) is 12.9. The summed E-state index contributed by atoms with van der Waals surface area (Å²) in [5.74, 6) is 0.0739. The SMILES string of the molecule is O=C(CNc1c(Cl)cc(Cl)c2nsnc12)N1CCCC1. The molecule has 0 unspecified atom stereocenters. The molecular weight excluding hydrogens is 319 g/mol. The minimum absolute atomic E-state index is 0.0739. The van der Waals surface area contributed by atoms with Crippen LogP contribution in [0.4, 0.5) is 5.69 Å². The molecule has 1 fully saturated rings. The molecule has 0 aliphatic carbocycles. The predicted molar refractivity (Wildman–Crippen MR) is 81.7 cm³/mol. The van der Waals surface area contributed by atoms with Gasteiger partial charge >= 0.3 is 0 Å². The van der Waals surface area contributed by atoms with E-state index in [-0.39, 0.29) is 12.5 Å². The zero-order valence-electron chi connectivity index (χ0n) is 10.5. The summed E-state index contributed by atoms with van der Waals surface area (Å²) in [6.07, 6.45) is 2.15. The number of nitrogens with one attached hydrogen (secondary N) is 1. The second kappa shape index (κ2) is 5.71. The Balaban J connectivity index is 1.80. The molecule has 0 atom stereocenters. The summed E-state index contributed by atoms with van der Waals surface area (Å²) in [5, 5.41) is 3.98. The predicted octanol–water partition coefficient (Wildman–Crippen LogP) is 3.03. The minimum atomic E-state index is 0.0739. The molecule has 1 saturated heterocycles. The van der Waals surface area contributed by atoms with Crippen LogP contribution in [0.1, 0.15) is 12.8 Å². The number of hydrogen-bond acceptors (Lipinski definition) is 5. The Hall–Kier alpha value is -1.11. The average molecular weight is 331 g/mol. The first-order chi connectivity index (χ1) is 9.66. The van der Waals surface area contributed by atoms with Crippen LogP contribution >= 0.6 is 34.9 Å². The Kier molecular flexibility index (Phi) is 3.96. The van der Waals surface area contributed by atoms with Gasteiger partial charge in [0.1, 0.15) is 11.0 Å². The summed E-state index contributed by atoms with van der Waals surface area (Å²) in [7, 11) is 0. The molecule has 0 spiro atoms. The van der Waals surface area contributed by atoms with Gasteiger partial charge in [0.25, 0.3) is 0 Å². The van der Waals surface area contributed by atoms with Crippen LogP contribution in [0.25, 0.3) is 11.0 Å². The van der Waals surface area contributed by atoms with Gasteiger partial charge in [0, 0.05) is 13.1 Å². The van der Waals surface area contributed by atoms with Crippen LogP contribution in [0.5, 0.6) is 0 Å². The maximum atomic E-state index is 12.0. The number of amides is 1. The Bertz CT molecular complexity index is 654. The highest BCUT2D eigenvalue weighted by Gasteiger charge is 2.19. The molecule has 20 heavy (non-hydrogen) atoms. The number of aromatic nitrogens is 2. The average Bonchev–Trinajstić information content (AvgIpc) is 3.09. The van der Waals surface area contributed by atoms with Crippen molar-refractivity contribution in [2.75, 3.05) is 25.0 Å². The number of hydrogen-bond donors (Lipinski definition) is 1. The van der Waals surface area contributed by atoms with E-state index in [2.05, 4.69) is 14.1 Å². The van der Waals surface area contributed by atoms with Crippen molar-refractivity contribution in [2.24, 2.45) is 0 Å². The fourth-order valence-corrected chi connectivity index (χ4v) is 3.46. The lowest BCUT2D eigenvalue weighted by atomic mass is 10.2. The smallest absolute Gasteiger partial charge is 0.241 e. The molecule has 0 saturated carbocycles. The van der Waals surface area contributed by atoms with Gasteiger partial charge in [-0.15, -0.1) is 0 Å². The molecular formula is C12H12Cl2N4OS. The van der Waals surface area contributed by atoms with Gasteiger partial charge in [-0.25, -0.2) is 0 Å². The van der Waals surface area contributed by atoms with Gasteiger partial charge in [0.05, 0.1) is 34.0 Å². The van der Waals surface area contributed by atoms with E-state index in [4.69, 9.17) is 23.2 Å². The number of nitrogens with zero attached hydrogens (tertiary/aromatic N) is 3. The third-order valence-electron chi connectivity index (χ3n) is 3.32. The fraction of sp³-hybridized carbons (Fsp3) is 0.417. The zero-order chi connectivity index (χ0) is 14.1. The molecule has 2 heterocycles. The normalized spacial score (nSPS) is 15.0. The van der Waals surface area contributed by atoms with E-state index >= 15 is 0 Å². The van der Waals surface area contributed by atoms with Gasteiger partial charge in [-0.1, -0.05) is 23.2 Å². The molecule has 0 radical (unpaired) electrons. The van der Waals surface area contributed by atoms with E-state index in [0.717, 1.165) is 37.7 Å². The van der Waals surface area contributed by atoms with Crippen LogP contribution in [0, 0.1) is 0 Å². The fourth-order valence-electron chi connectivity index (χ4n) is 2.28. The van der Waals surface area contributed by atoms with Crippen LogP contribution in [0.15, 0.2) is 6.07 Å². The Morgan fingerprint density at radius 3 is 2.70 bits per heavy atom. The number of anilines is 1. The number of halogens is 2. The minimum Gasteiger partial charge on any atom is -0.373 e. The molecule has 1 aliphatic rings. The van der Waals surface area contributed by atoms with Gasteiger partial charge in [-0.3, -0.25) is 4.79 Å². The molecule has 1 amide bonds. The molecule has 1 aromatic carbocycles. The van der Waals surface area contributed by atoms with Crippen LogP contribution in [0.3, 0.4) is 0 Å². The molecule has 5 nitrogen and oxygen atoms in total. The second-order valence-corrected chi connectivity index (χ2v) is 5.96. The molecule has 3 rings (SSSR count). The van der Waals surface area contributed by atoms with Crippen molar-refractivity contribution < 1.29 is 4.79 Å². The first kappa shape index (κ1) is 13.9. The monoisotopic (exact) mass is 330 g/mol. The van der Waals surface area contributed by atoms with Gasteiger partial charge in [0.2, 0.25) is 5.91 Å². The van der Waals surface area contributed by atoms with E-state index in [1.54, 1.807) is 6.07 Å². The van der Waals surface area contributed by atoms with Crippen LogP contribution in [-0.2, 0) is 4.79 Å². The molecule has 0 bridgehead atoms. The number of carbonyl (C=O) groups excluding carboxylic acids is 1. The quantitative estimate of drug-likeness (QED) is 0.939. The van der Waals surface area contributed by atoms with Gasteiger partial charge < -0.3 is 10.2 Å². The number of rotatable bonds is 3. The van der Waals surface area contributed by atoms with Gasteiger partial charge in [-0.2, -0.15) is 8.75 Å². The molecule has 2 aromatic rings. The van der Waals surface area contributed by atoms with Crippen LogP contribution < -0.4 is 5.32 Å². The van der Waals surface area contributed by atoms with Crippen molar-refractivity contribution in [3.63, 3.8) is 0 Å². The van der Waals surface area contributed by atoms with Crippen LogP contribution in [0.2, 0.25) is 10.0 Å². The van der Waals surface area contributed by atoms with Crippen LogP contribution in [-0.4, -0.2) is 39.2 Å². The van der Waals surface area contributed by atoms with Crippen molar-refractivity contribution in [3.05, 3.63) is 16.1 Å². The summed E-state index contributed by atoms with van der Waals surface area (Å²) in [6.45, 7) is 1.87. The summed E-state index contributed by atoms with van der Waals surface area (Å²) < 4.78 is 8.32. The first-order valence-electron chi connectivity index (χ1n) is 6.28. The highest BCUT2D eigenvalue weighted by molar-refractivity contribution is 7.00. The lowest BCUT2D eigenvalue weighted by Gasteiger charge is -2.16. The highest BCUT2D eigenvalue weighted by Crippen LogP contribution is 2.35. The molecule has 1 aliphatic heterocycles. The molecule has 1 N–H and O–H groups in total. The largest absolute Gasteiger partial charge is 0.373 e. The molecule has 1 aromatic heterocycles. The number of benzene rings is 1. The lowest BCUT2D eigenvalue weighted by Crippen LogP contribution is -2.33. The Labute approximate surface area is 130 Å². The van der Waals surface area contributed by atoms with Crippen molar-refractivity contribution in [2.45, 2.75) is 12.8 Å². The summed E-state index contributed by atoms with van der Waals surface area (Å²) in [4.78, 5) is 13.9. The van der Waals surface area contributed by atoms with E-state index in [1.165, 1.54) is 0 Å². The van der Waals surface area contributed by atoms with Crippen molar-refractivity contribution in [1.82, 2.24) is 13.6 Å². The first-order valence-corrected chi connectivity index (χ1v) is 7.77. The maximum Gasteiger partial charge on any atom is 0.241 e. The summed E-state index contributed by atoms with van der Waals surface area (Å²) in [5.41, 5.74) is 1.84. The number of carbonyl (C=O) groups is 1. The van der Waals surface area contributed by atoms with E-state index in [9.17, 15) is 4.79 Å². The Morgan fingerprint density at radius 2 is 1.95 bits per heavy atom. The lowest BCUT2D eigenvalue weighted by molar-refractivity contribution is -0.128. The third kappa shape index (κ3) is 2.55. The second-order valence-electron chi connectivity index (χ2n) is 4.62. The topological polar surface area (TPSA) is 58.1 Å². The van der Waals surface area contributed by atoms with Gasteiger partial charge in [0.15, 0.2) is 0 Å². The summed E-state index contributed by atoms with van der Waals surface area (Å²) in [6, 6.07) is 1.62. The molecule has 8 heteroatoms. The summed E-state index contributed by atoms with van der Waals surface area (Å²) >= 11 is 13.3. The highest BCUT2D eigenvalue weighted by atomic mass is 35.5. The van der Waals surface area contributed by atoms with E-state index in [0.29, 0.717) is 26.8 Å². The number of fused-ring (bicyclic) bond motifs is 1. The molecule has 106 valence electrons. The third-order valence-corrected chi connectivity index (χ3v) is 4.43. The van der Waals surface area contributed by atoms with Crippen molar-refractivity contribution in [1.29, 1.82) is 0 Å². The Morgan fingerprint density at radius 1 is 1.25 bits per heavy atom. The standard InChI is InChI=1S/C12H12Cl2N4OS/c13-7-5-8(14)11-12(17-20-16-11)10(7)15-6-9(19)18-3-1-2-4-18/h5,15H,1-4,6H2. The van der Waals surface area contributed by atoms with E-state index < -0.39 is 0 Å². The van der Waals surface area contributed by atoms with Crippen molar-refractivity contribution in [3.8, 4) is 0 Å². The van der Waals surface area contributed by atoms with Crippen molar-refractivity contribution >= 4 is 57.6 Å². The number of likely N-dealkylation sites (tertiary alicyclic amines) is 1. The van der Waals surface area contributed by atoms with Gasteiger partial charge in [-0.05, 0) is 18.9 Å².